The number of nitrogens with one attached hydrogen (secondary N) is 1. The van der Waals surface area contributed by atoms with Crippen LogP contribution in [0.3, 0.4) is 0 Å². The molecule has 0 bridgehead atoms. The van der Waals surface area contributed by atoms with E-state index in [0.29, 0.717) is 24.7 Å². The van der Waals surface area contributed by atoms with E-state index in [0.717, 1.165) is 18.1 Å². The van der Waals surface area contributed by atoms with Crippen molar-refractivity contribution in [2.24, 2.45) is 5.92 Å². The molecule has 0 aromatic carbocycles. The Bertz CT molecular complexity index is 373. The van der Waals surface area contributed by atoms with Gasteiger partial charge in [-0.1, -0.05) is 33.6 Å². The normalized spacial score (nSPS) is 24.0. The van der Waals surface area contributed by atoms with Crippen LogP contribution in [0.4, 0.5) is 0 Å². The highest BCUT2D eigenvalue weighted by molar-refractivity contribution is 5.06. The van der Waals surface area contributed by atoms with Crippen molar-refractivity contribution in [3.8, 4) is 0 Å². The predicted octanol–water partition coefficient (Wildman–Crippen LogP) is 3.87. The maximum atomic E-state index is 6.01. The van der Waals surface area contributed by atoms with Gasteiger partial charge in [0, 0.05) is 6.04 Å². The molecular formula is C16H27NO2. The highest BCUT2D eigenvalue weighted by Crippen LogP contribution is 2.27. The van der Waals surface area contributed by atoms with Gasteiger partial charge in [-0.15, -0.1) is 0 Å². The van der Waals surface area contributed by atoms with Gasteiger partial charge < -0.3 is 14.5 Å². The first-order valence-electron chi connectivity index (χ1n) is 7.57. The van der Waals surface area contributed by atoms with Crippen molar-refractivity contribution in [1.82, 2.24) is 5.32 Å². The number of hydrogen-bond acceptors (Lipinski definition) is 3. The fourth-order valence-electron chi connectivity index (χ4n) is 2.62. The Morgan fingerprint density at radius 3 is 2.74 bits per heavy atom. The summed E-state index contributed by atoms with van der Waals surface area (Å²) in [6.45, 7) is 7.97. The van der Waals surface area contributed by atoms with E-state index in [-0.39, 0.29) is 0 Å². The summed E-state index contributed by atoms with van der Waals surface area (Å²) in [5, 5.41) is 3.35. The van der Waals surface area contributed by atoms with Gasteiger partial charge in [0.1, 0.15) is 18.1 Å². The van der Waals surface area contributed by atoms with Crippen LogP contribution in [0.15, 0.2) is 16.5 Å². The summed E-state index contributed by atoms with van der Waals surface area (Å²) in [4.78, 5) is 0. The van der Waals surface area contributed by atoms with Gasteiger partial charge in [-0.05, 0) is 30.9 Å². The highest BCUT2D eigenvalue weighted by Gasteiger charge is 2.22. The van der Waals surface area contributed by atoms with Gasteiger partial charge in [-0.2, -0.15) is 0 Å². The molecule has 3 heteroatoms. The molecule has 2 rings (SSSR count). The largest absolute Gasteiger partial charge is 0.462 e. The molecule has 1 fully saturated rings. The van der Waals surface area contributed by atoms with Crippen molar-refractivity contribution >= 4 is 0 Å². The third-order valence-electron chi connectivity index (χ3n) is 3.87. The minimum atomic E-state index is 0.413. The summed E-state index contributed by atoms with van der Waals surface area (Å²) >= 11 is 0. The van der Waals surface area contributed by atoms with Gasteiger partial charge >= 0.3 is 0 Å². The lowest BCUT2D eigenvalue weighted by molar-refractivity contribution is -0.0222. The first kappa shape index (κ1) is 14.6. The molecule has 19 heavy (non-hydrogen) atoms. The quantitative estimate of drug-likeness (QED) is 0.847. The molecule has 108 valence electrons. The van der Waals surface area contributed by atoms with Crippen molar-refractivity contribution in [3.05, 3.63) is 23.7 Å². The Labute approximate surface area is 116 Å². The van der Waals surface area contributed by atoms with Gasteiger partial charge in [0.15, 0.2) is 0 Å². The summed E-state index contributed by atoms with van der Waals surface area (Å²) in [7, 11) is 0. The standard InChI is InChI=1S/C16H27NO2/c1-12(2)17-10-14-8-9-15(19-14)11-18-16-7-5-4-6-13(16)3/h8-9,12-13,16-17H,4-7,10-11H2,1-3H3. The van der Waals surface area contributed by atoms with E-state index in [4.69, 9.17) is 9.15 Å². The van der Waals surface area contributed by atoms with E-state index in [1.807, 2.05) is 12.1 Å². The molecule has 1 N–H and O–H groups in total. The zero-order valence-corrected chi connectivity index (χ0v) is 12.4. The maximum absolute atomic E-state index is 6.01. The van der Waals surface area contributed by atoms with Gasteiger partial charge in [0.2, 0.25) is 0 Å². The van der Waals surface area contributed by atoms with Crippen molar-refractivity contribution < 1.29 is 9.15 Å². The van der Waals surface area contributed by atoms with Crippen LogP contribution in [0.1, 0.15) is 58.0 Å². The second-order valence-corrected chi connectivity index (χ2v) is 6.01. The molecule has 0 saturated heterocycles. The van der Waals surface area contributed by atoms with Crippen molar-refractivity contribution in [3.63, 3.8) is 0 Å². The van der Waals surface area contributed by atoms with E-state index in [9.17, 15) is 0 Å². The molecule has 2 atom stereocenters. The third kappa shape index (κ3) is 4.66. The van der Waals surface area contributed by atoms with Gasteiger partial charge in [-0.25, -0.2) is 0 Å². The van der Waals surface area contributed by atoms with Gasteiger partial charge in [0.05, 0.1) is 12.6 Å². The van der Waals surface area contributed by atoms with Crippen LogP contribution in [0.5, 0.6) is 0 Å². The SMILES string of the molecule is CC(C)NCc1ccc(COC2CCCCC2C)o1. The van der Waals surface area contributed by atoms with Crippen molar-refractivity contribution in [2.75, 3.05) is 0 Å². The van der Waals surface area contributed by atoms with E-state index in [1.165, 1.54) is 25.7 Å². The zero-order chi connectivity index (χ0) is 13.7. The van der Waals surface area contributed by atoms with Crippen molar-refractivity contribution in [2.45, 2.75) is 71.8 Å². The van der Waals surface area contributed by atoms with E-state index < -0.39 is 0 Å². The molecule has 0 spiro atoms. The molecule has 0 radical (unpaired) electrons. The molecule has 1 aromatic heterocycles. The molecular weight excluding hydrogens is 238 g/mol. The van der Waals surface area contributed by atoms with Gasteiger partial charge in [-0.3, -0.25) is 0 Å². The van der Waals surface area contributed by atoms with E-state index in [1.54, 1.807) is 0 Å². The summed E-state index contributed by atoms with van der Waals surface area (Å²) in [5.74, 6) is 2.62. The Morgan fingerprint density at radius 2 is 2.00 bits per heavy atom. The fourth-order valence-corrected chi connectivity index (χ4v) is 2.62. The fraction of sp³-hybridized carbons (Fsp3) is 0.750. The summed E-state index contributed by atoms with van der Waals surface area (Å²) in [6.07, 6.45) is 5.57. The zero-order valence-electron chi connectivity index (χ0n) is 12.4. The minimum absolute atomic E-state index is 0.413. The number of furan rings is 1. The van der Waals surface area contributed by atoms with E-state index >= 15 is 0 Å². The summed E-state index contributed by atoms with van der Waals surface area (Å²) in [6, 6.07) is 4.55. The average Bonchev–Trinajstić information content (AvgIpc) is 2.83. The van der Waals surface area contributed by atoms with Crippen LogP contribution >= 0.6 is 0 Å². The van der Waals surface area contributed by atoms with Crippen LogP contribution in [0.25, 0.3) is 0 Å². The van der Waals surface area contributed by atoms with Crippen LogP contribution in [0.2, 0.25) is 0 Å². The van der Waals surface area contributed by atoms with Crippen LogP contribution in [-0.4, -0.2) is 12.1 Å². The number of rotatable bonds is 6. The average molecular weight is 265 g/mol. The number of ether oxygens (including phenoxy) is 1. The molecule has 1 aliphatic carbocycles. The molecule has 1 heterocycles. The molecule has 1 aliphatic rings. The second kappa shape index (κ2) is 7.11. The third-order valence-corrected chi connectivity index (χ3v) is 3.87. The Hall–Kier alpha value is -0.800. The summed E-state index contributed by atoms with van der Waals surface area (Å²) < 4.78 is 11.8. The van der Waals surface area contributed by atoms with Gasteiger partial charge in [0.25, 0.3) is 0 Å². The molecule has 1 saturated carbocycles. The maximum Gasteiger partial charge on any atom is 0.129 e. The van der Waals surface area contributed by atoms with Crippen molar-refractivity contribution in [1.29, 1.82) is 0 Å². The molecule has 0 aliphatic heterocycles. The highest BCUT2D eigenvalue weighted by atomic mass is 16.5. The lowest BCUT2D eigenvalue weighted by Gasteiger charge is -2.28. The number of hydrogen-bond donors (Lipinski definition) is 1. The second-order valence-electron chi connectivity index (χ2n) is 6.01. The molecule has 3 nitrogen and oxygen atoms in total. The Kier molecular flexibility index (Phi) is 5.46. The molecule has 0 amide bonds. The monoisotopic (exact) mass is 265 g/mol. The van der Waals surface area contributed by atoms with E-state index in [2.05, 4.69) is 26.1 Å². The predicted molar refractivity (Wildman–Crippen MR) is 76.9 cm³/mol. The lowest BCUT2D eigenvalue weighted by atomic mass is 9.88. The van der Waals surface area contributed by atoms with Crippen LogP contribution in [0, 0.1) is 5.92 Å². The molecule has 2 unspecified atom stereocenters. The Balaban J connectivity index is 1.76. The summed E-state index contributed by atoms with van der Waals surface area (Å²) in [5.41, 5.74) is 0. The van der Waals surface area contributed by atoms with Crippen LogP contribution in [-0.2, 0) is 17.9 Å². The first-order chi connectivity index (χ1) is 9.15. The topological polar surface area (TPSA) is 34.4 Å². The van der Waals surface area contributed by atoms with Crippen LogP contribution < -0.4 is 5.32 Å². The Morgan fingerprint density at radius 1 is 1.26 bits per heavy atom. The minimum Gasteiger partial charge on any atom is -0.462 e. The smallest absolute Gasteiger partial charge is 0.129 e. The lowest BCUT2D eigenvalue weighted by Crippen LogP contribution is -2.25. The first-order valence-corrected chi connectivity index (χ1v) is 7.57. The molecule has 1 aromatic rings.